The van der Waals surface area contributed by atoms with Crippen molar-refractivity contribution in [3.8, 4) is 0 Å². The van der Waals surface area contributed by atoms with Crippen molar-refractivity contribution >= 4 is 6.47 Å². The number of carbonyl (C=O) groups excluding carboxylic acids is 1. The summed E-state index contributed by atoms with van der Waals surface area (Å²) >= 11 is 0. The molecule has 1 aliphatic carbocycles. The van der Waals surface area contributed by atoms with Crippen molar-refractivity contribution in [2.45, 2.75) is 45.4 Å². The van der Waals surface area contributed by atoms with E-state index in [4.69, 9.17) is 4.74 Å². The van der Waals surface area contributed by atoms with Crippen molar-refractivity contribution in [1.29, 1.82) is 0 Å². The molecule has 3 atom stereocenters. The topological polar surface area (TPSA) is 26.3 Å². The van der Waals surface area contributed by atoms with Crippen molar-refractivity contribution in [1.82, 2.24) is 0 Å². The van der Waals surface area contributed by atoms with Crippen LogP contribution in [0.1, 0.15) is 50.2 Å². The van der Waals surface area contributed by atoms with Gasteiger partial charge in [0.1, 0.15) is 6.61 Å². The van der Waals surface area contributed by atoms with Crippen LogP contribution in [0.25, 0.3) is 0 Å². The van der Waals surface area contributed by atoms with Crippen molar-refractivity contribution in [2.24, 2.45) is 11.3 Å². The summed E-state index contributed by atoms with van der Waals surface area (Å²) < 4.78 is 5.11. The van der Waals surface area contributed by atoms with Gasteiger partial charge < -0.3 is 4.74 Å². The molecule has 0 aromatic heterocycles. The molecule has 1 aliphatic rings. The monoisotopic (exact) mass is 312 g/mol. The van der Waals surface area contributed by atoms with Crippen molar-refractivity contribution in [3.63, 3.8) is 0 Å². The number of hydrogen-bond acceptors (Lipinski definition) is 2. The molecular formula is C21H28O2. The molecule has 0 saturated heterocycles. The molecule has 1 aromatic rings. The zero-order valence-electron chi connectivity index (χ0n) is 14.4. The van der Waals surface area contributed by atoms with Gasteiger partial charge in [0, 0.05) is 5.41 Å². The van der Waals surface area contributed by atoms with Crippen LogP contribution < -0.4 is 0 Å². The van der Waals surface area contributed by atoms with Crippen LogP contribution in [0.2, 0.25) is 0 Å². The maximum absolute atomic E-state index is 10.6. The zero-order valence-corrected chi connectivity index (χ0v) is 14.4. The number of benzene rings is 1. The first-order valence-electron chi connectivity index (χ1n) is 8.48. The van der Waals surface area contributed by atoms with Crippen LogP contribution in [0, 0.1) is 11.3 Å². The second-order valence-corrected chi connectivity index (χ2v) is 6.87. The first-order chi connectivity index (χ1) is 11.0. The molecule has 0 spiro atoms. The lowest BCUT2D eigenvalue weighted by Crippen LogP contribution is -2.35. The third-order valence-corrected chi connectivity index (χ3v) is 5.39. The van der Waals surface area contributed by atoms with E-state index in [-0.39, 0.29) is 5.41 Å². The highest BCUT2D eigenvalue weighted by atomic mass is 16.5. The second kappa shape index (κ2) is 7.63. The number of hydrogen-bond donors (Lipinski definition) is 0. The molecule has 1 saturated carbocycles. The minimum Gasteiger partial charge on any atom is -0.467 e. The fraction of sp³-hybridized carbons (Fsp3) is 0.476. The number of carbonyl (C=O) groups is 1. The smallest absolute Gasteiger partial charge is 0.293 e. The molecule has 2 nitrogen and oxygen atoms in total. The Hall–Kier alpha value is -1.83. The molecule has 2 heteroatoms. The molecule has 0 N–H and O–H groups in total. The van der Waals surface area contributed by atoms with Crippen molar-refractivity contribution in [3.05, 3.63) is 60.2 Å². The SMILES string of the molecule is C=C[C@]1(COC=O)CC[C@@H](C(=C)C)[C@H](c2ccc(CC)cc2)C1. The van der Waals surface area contributed by atoms with Crippen molar-refractivity contribution < 1.29 is 9.53 Å². The second-order valence-electron chi connectivity index (χ2n) is 6.87. The molecule has 2 rings (SSSR count). The first kappa shape index (κ1) is 17.5. The van der Waals surface area contributed by atoms with E-state index in [0.717, 1.165) is 25.7 Å². The predicted octanol–water partition coefficient (Wildman–Crippen LogP) is 5.05. The van der Waals surface area contributed by atoms with Gasteiger partial charge in [0.2, 0.25) is 0 Å². The maximum Gasteiger partial charge on any atom is 0.293 e. The fourth-order valence-corrected chi connectivity index (χ4v) is 3.84. The van der Waals surface area contributed by atoms with Crippen LogP contribution >= 0.6 is 0 Å². The standard InChI is InChI=1S/C21H28O2/c1-5-17-7-9-18(10-8-17)20-13-21(6-2,14-23-15-22)12-11-19(20)16(3)4/h6-10,15,19-20H,2-3,5,11-14H2,1,4H3/t19-,20-,21-/m0/s1. The zero-order chi connectivity index (χ0) is 16.9. The summed E-state index contributed by atoms with van der Waals surface area (Å²) in [5.41, 5.74) is 3.83. The summed E-state index contributed by atoms with van der Waals surface area (Å²) in [4.78, 5) is 10.6. The lowest BCUT2D eigenvalue weighted by molar-refractivity contribution is -0.132. The van der Waals surface area contributed by atoms with Gasteiger partial charge in [-0.05, 0) is 55.6 Å². The molecule has 124 valence electrons. The number of rotatable bonds is 7. The van der Waals surface area contributed by atoms with Gasteiger partial charge in [0.15, 0.2) is 0 Å². The molecule has 1 fully saturated rings. The maximum atomic E-state index is 10.6. The van der Waals surface area contributed by atoms with Gasteiger partial charge in [-0.15, -0.1) is 6.58 Å². The number of allylic oxidation sites excluding steroid dienone is 1. The molecule has 0 amide bonds. The van der Waals surface area contributed by atoms with E-state index in [2.05, 4.69) is 51.3 Å². The molecule has 0 aliphatic heterocycles. The molecule has 23 heavy (non-hydrogen) atoms. The highest BCUT2D eigenvalue weighted by molar-refractivity contribution is 5.37. The Bertz CT molecular complexity index is 558. The summed E-state index contributed by atoms with van der Waals surface area (Å²) in [5.74, 6) is 0.882. The Morgan fingerprint density at radius 1 is 1.39 bits per heavy atom. The van der Waals surface area contributed by atoms with Gasteiger partial charge in [-0.3, -0.25) is 4.79 Å². The Balaban J connectivity index is 2.30. The van der Waals surface area contributed by atoms with Crippen molar-refractivity contribution in [2.75, 3.05) is 6.61 Å². The molecule has 0 heterocycles. The van der Waals surface area contributed by atoms with Crippen LogP contribution in [0.4, 0.5) is 0 Å². The van der Waals surface area contributed by atoms with Gasteiger partial charge in [-0.1, -0.05) is 49.4 Å². The summed E-state index contributed by atoms with van der Waals surface area (Å²) in [6.45, 7) is 13.5. The molecule has 0 radical (unpaired) electrons. The van der Waals surface area contributed by atoms with E-state index < -0.39 is 0 Å². The summed E-state index contributed by atoms with van der Waals surface area (Å²) in [7, 11) is 0. The molecule has 0 bridgehead atoms. The quantitative estimate of drug-likeness (QED) is 0.520. The number of aryl methyl sites for hydroxylation is 1. The van der Waals surface area contributed by atoms with Crippen LogP contribution in [0.5, 0.6) is 0 Å². The van der Waals surface area contributed by atoms with Crippen LogP contribution in [-0.4, -0.2) is 13.1 Å². The van der Waals surface area contributed by atoms with Crippen LogP contribution in [-0.2, 0) is 16.0 Å². The highest BCUT2D eigenvalue weighted by Gasteiger charge is 2.40. The minimum atomic E-state index is -0.124. The van der Waals surface area contributed by atoms with Gasteiger partial charge in [-0.25, -0.2) is 0 Å². The number of ether oxygens (including phenoxy) is 1. The fourth-order valence-electron chi connectivity index (χ4n) is 3.84. The lowest BCUT2D eigenvalue weighted by atomic mass is 9.62. The summed E-state index contributed by atoms with van der Waals surface area (Å²) in [5, 5.41) is 0. The molecular weight excluding hydrogens is 284 g/mol. The van der Waals surface area contributed by atoms with E-state index in [0.29, 0.717) is 24.9 Å². The van der Waals surface area contributed by atoms with E-state index in [1.807, 2.05) is 6.08 Å². The van der Waals surface area contributed by atoms with Crippen LogP contribution in [0.15, 0.2) is 49.1 Å². The van der Waals surface area contributed by atoms with E-state index in [1.54, 1.807) is 0 Å². The van der Waals surface area contributed by atoms with E-state index >= 15 is 0 Å². The summed E-state index contributed by atoms with van der Waals surface area (Å²) in [6, 6.07) is 8.94. The highest BCUT2D eigenvalue weighted by Crippen LogP contribution is 2.50. The van der Waals surface area contributed by atoms with Crippen LogP contribution in [0.3, 0.4) is 0 Å². The Morgan fingerprint density at radius 3 is 2.61 bits per heavy atom. The largest absolute Gasteiger partial charge is 0.467 e. The van der Waals surface area contributed by atoms with Gasteiger partial charge in [0.25, 0.3) is 6.47 Å². The van der Waals surface area contributed by atoms with Gasteiger partial charge in [0.05, 0.1) is 0 Å². The van der Waals surface area contributed by atoms with Gasteiger partial charge in [-0.2, -0.15) is 0 Å². The average molecular weight is 312 g/mol. The van der Waals surface area contributed by atoms with E-state index in [1.165, 1.54) is 16.7 Å². The Labute approximate surface area is 140 Å². The third-order valence-electron chi connectivity index (χ3n) is 5.39. The first-order valence-corrected chi connectivity index (χ1v) is 8.48. The lowest BCUT2D eigenvalue weighted by Gasteiger charge is -2.43. The van der Waals surface area contributed by atoms with Gasteiger partial charge >= 0.3 is 0 Å². The molecule has 1 aromatic carbocycles. The minimum absolute atomic E-state index is 0.124. The van der Waals surface area contributed by atoms with E-state index in [9.17, 15) is 4.79 Å². The Kier molecular flexibility index (Phi) is 5.81. The predicted molar refractivity (Wildman–Crippen MR) is 95.4 cm³/mol. The average Bonchev–Trinajstić information content (AvgIpc) is 2.59. The molecule has 0 unspecified atom stereocenters. The Morgan fingerprint density at radius 2 is 2.09 bits per heavy atom. The summed E-state index contributed by atoms with van der Waals surface area (Å²) in [6.07, 6.45) is 6.04. The normalized spacial score (nSPS) is 27.2. The third kappa shape index (κ3) is 3.93.